The fourth-order valence-electron chi connectivity index (χ4n) is 4.33. The lowest BCUT2D eigenvalue weighted by molar-refractivity contribution is -0.122. The highest BCUT2D eigenvalue weighted by Crippen LogP contribution is 2.25. The van der Waals surface area contributed by atoms with E-state index < -0.39 is 11.2 Å². The van der Waals surface area contributed by atoms with Gasteiger partial charge in [-0.2, -0.15) is 0 Å². The molecule has 1 aromatic carbocycles. The van der Waals surface area contributed by atoms with Crippen LogP contribution in [0.25, 0.3) is 22.4 Å². The second kappa shape index (κ2) is 11.6. The summed E-state index contributed by atoms with van der Waals surface area (Å²) < 4.78 is 12.9. The number of pyridine rings is 1. The van der Waals surface area contributed by atoms with Crippen molar-refractivity contribution in [3.05, 3.63) is 51.9 Å². The van der Waals surface area contributed by atoms with Crippen molar-refractivity contribution in [1.29, 1.82) is 0 Å². The van der Waals surface area contributed by atoms with Gasteiger partial charge in [-0.15, -0.1) is 0 Å². The summed E-state index contributed by atoms with van der Waals surface area (Å²) in [6, 6.07) is 8.46. The van der Waals surface area contributed by atoms with Gasteiger partial charge in [0.25, 0.3) is 5.56 Å². The first-order valence-electron chi connectivity index (χ1n) is 13.0. The van der Waals surface area contributed by atoms with Crippen LogP contribution in [0.2, 0.25) is 5.02 Å². The van der Waals surface area contributed by atoms with Crippen LogP contribution in [-0.2, 0) is 16.1 Å². The summed E-state index contributed by atoms with van der Waals surface area (Å²) in [6.45, 7) is 10.0. The molecule has 39 heavy (non-hydrogen) atoms. The number of halogens is 1. The number of likely N-dealkylation sites (tertiary alicyclic amines) is 1. The highest BCUT2D eigenvalue weighted by molar-refractivity contribution is 6.30. The topological polar surface area (TPSA) is 116 Å². The molecule has 1 saturated heterocycles. The van der Waals surface area contributed by atoms with Gasteiger partial charge in [-0.05, 0) is 52.8 Å². The molecular formula is C28H34ClN5O5. The number of benzene rings is 1. The molecule has 0 saturated carbocycles. The molecule has 11 heteroatoms. The van der Waals surface area contributed by atoms with Crippen LogP contribution in [0.4, 0.5) is 4.79 Å². The zero-order valence-electron chi connectivity index (χ0n) is 22.9. The Morgan fingerprint density at radius 3 is 2.54 bits per heavy atom. The van der Waals surface area contributed by atoms with Crippen LogP contribution < -0.4 is 15.6 Å². The maximum absolute atomic E-state index is 13.7. The molecule has 4 rings (SSSR count). The molecule has 0 bridgehead atoms. The van der Waals surface area contributed by atoms with Gasteiger partial charge in [0, 0.05) is 42.6 Å². The van der Waals surface area contributed by atoms with E-state index in [0.717, 1.165) is 0 Å². The molecular weight excluding hydrogens is 522 g/mol. The Kier molecular flexibility index (Phi) is 8.44. The molecule has 0 unspecified atom stereocenters. The molecule has 1 fully saturated rings. The van der Waals surface area contributed by atoms with Gasteiger partial charge < -0.3 is 19.7 Å². The molecule has 0 atom stereocenters. The van der Waals surface area contributed by atoms with Crippen molar-refractivity contribution in [1.82, 2.24) is 24.8 Å². The molecule has 10 nitrogen and oxygen atoms in total. The monoisotopic (exact) mass is 555 g/mol. The van der Waals surface area contributed by atoms with Crippen LogP contribution in [0.5, 0.6) is 5.75 Å². The average molecular weight is 556 g/mol. The molecule has 3 heterocycles. The van der Waals surface area contributed by atoms with Gasteiger partial charge in [-0.25, -0.2) is 14.8 Å². The van der Waals surface area contributed by atoms with Crippen molar-refractivity contribution in [3.8, 4) is 17.1 Å². The summed E-state index contributed by atoms with van der Waals surface area (Å²) in [5.41, 5.74) is -0.128. The van der Waals surface area contributed by atoms with Crippen molar-refractivity contribution in [2.24, 2.45) is 0 Å². The number of hydrogen-bond donors (Lipinski definition) is 1. The first-order valence-corrected chi connectivity index (χ1v) is 13.4. The lowest BCUT2D eigenvalue weighted by Gasteiger charge is -2.33. The van der Waals surface area contributed by atoms with E-state index in [0.29, 0.717) is 48.1 Å². The minimum absolute atomic E-state index is 0.0837. The second-order valence-electron chi connectivity index (χ2n) is 10.9. The number of ether oxygens (including phenoxy) is 2. The summed E-state index contributed by atoms with van der Waals surface area (Å²) in [6.07, 6.45) is 2.27. The van der Waals surface area contributed by atoms with E-state index >= 15 is 0 Å². The number of hydrogen-bond acceptors (Lipinski definition) is 7. The Hall–Kier alpha value is -3.66. The van der Waals surface area contributed by atoms with Gasteiger partial charge in [-0.3, -0.25) is 14.2 Å². The predicted octanol–water partition coefficient (Wildman–Crippen LogP) is 4.41. The summed E-state index contributed by atoms with van der Waals surface area (Å²) in [4.78, 5) is 49.4. The van der Waals surface area contributed by atoms with Crippen LogP contribution in [0.15, 0.2) is 41.3 Å². The molecule has 0 spiro atoms. The number of amides is 2. The third kappa shape index (κ3) is 7.26. The summed E-state index contributed by atoms with van der Waals surface area (Å²) in [5.74, 6) is 0.407. The molecule has 1 aliphatic rings. The number of carbonyl (C=O) groups is 2. The maximum atomic E-state index is 13.7. The number of fused-ring (bicyclic) bond motifs is 1. The predicted molar refractivity (Wildman–Crippen MR) is 149 cm³/mol. The van der Waals surface area contributed by atoms with E-state index in [1.54, 1.807) is 35.2 Å². The second-order valence-corrected chi connectivity index (χ2v) is 11.3. The minimum Gasteiger partial charge on any atom is -0.489 e. The standard InChI is InChI=1S/C28H34ClN5O5/c1-17(2)31-23(35)16-34-25(18-7-6-8-19(29)13-18)32-24-22(26(34)36)14-21(15-30-24)38-20-9-11-33(12-10-20)27(37)39-28(3,4)5/h6-8,13-15,17,20H,9-12,16H2,1-5H3,(H,31,35). The Bertz CT molecular complexity index is 1420. The van der Waals surface area contributed by atoms with Gasteiger partial charge in [0.2, 0.25) is 5.91 Å². The van der Waals surface area contributed by atoms with E-state index in [-0.39, 0.29) is 41.7 Å². The van der Waals surface area contributed by atoms with Crippen molar-refractivity contribution in [2.45, 2.75) is 71.8 Å². The number of aromatic nitrogens is 3. The smallest absolute Gasteiger partial charge is 0.410 e. The third-order valence-electron chi connectivity index (χ3n) is 6.02. The van der Waals surface area contributed by atoms with Crippen molar-refractivity contribution < 1.29 is 19.1 Å². The Balaban J connectivity index is 1.59. The molecule has 208 valence electrons. The van der Waals surface area contributed by atoms with Crippen molar-refractivity contribution in [2.75, 3.05) is 13.1 Å². The highest BCUT2D eigenvalue weighted by Gasteiger charge is 2.28. The van der Waals surface area contributed by atoms with E-state index in [2.05, 4.69) is 15.3 Å². The zero-order chi connectivity index (χ0) is 28.3. The molecule has 2 aromatic heterocycles. The molecule has 2 amide bonds. The summed E-state index contributed by atoms with van der Waals surface area (Å²) >= 11 is 6.19. The van der Waals surface area contributed by atoms with Crippen LogP contribution in [-0.4, -0.2) is 62.3 Å². The molecule has 0 radical (unpaired) electrons. The van der Waals surface area contributed by atoms with Crippen LogP contribution in [0.3, 0.4) is 0 Å². The van der Waals surface area contributed by atoms with E-state index in [1.807, 2.05) is 34.6 Å². The van der Waals surface area contributed by atoms with Gasteiger partial charge in [-0.1, -0.05) is 23.7 Å². The number of piperidine rings is 1. The fourth-order valence-corrected chi connectivity index (χ4v) is 4.52. The lowest BCUT2D eigenvalue weighted by Crippen LogP contribution is -2.44. The number of carbonyl (C=O) groups excluding carboxylic acids is 2. The lowest BCUT2D eigenvalue weighted by atomic mass is 10.1. The van der Waals surface area contributed by atoms with Gasteiger partial charge >= 0.3 is 6.09 Å². The molecule has 1 N–H and O–H groups in total. The van der Waals surface area contributed by atoms with Crippen molar-refractivity contribution >= 4 is 34.6 Å². The van der Waals surface area contributed by atoms with Crippen LogP contribution in [0, 0.1) is 0 Å². The van der Waals surface area contributed by atoms with E-state index in [4.69, 9.17) is 21.1 Å². The zero-order valence-corrected chi connectivity index (χ0v) is 23.6. The Labute approximate surface area is 232 Å². The third-order valence-corrected chi connectivity index (χ3v) is 6.25. The molecule has 0 aliphatic carbocycles. The maximum Gasteiger partial charge on any atom is 0.410 e. The van der Waals surface area contributed by atoms with Crippen molar-refractivity contribution in [3.63, 3.8) is 0 Å². The average Bonchev–Trinajstić information content (AvgIpc) is 2.85. The van der Waals surface area contributed by atoms with E-state index in [1.165, 1.54) is 10.8 Å². The largest absolute Gasteiger partial charge is 0.489 e. The van der Waals surface area contributed by atoms with Gasteiger partial charge in [0.15, 0.2) is 5.65 Å². The molecule has 1 aliphatic heterocycles. The van der Waals surface area contributed by atoms with Gasteiger partial charge in [0.05, 0.1) is 11.6 Å². The van der Waals surface area contributed by atoms with Crippen LogP contribution in [0.1, 0.15) is 47.5 Å². The van der Waals surface area contributed by atoms with E-state index in [9.17, 15) is 14.4 Å². The van der Waals surface area contributed by atoms with Crippen LogP contribution >= 0.6 is 11.6 Å². The Morgan fingerprint density at radius 1 is 1.18 bits per heavy atom. The summed E-state index contributed by atoms with van der Waals surface area (Å²) in [5, 5.41) is 3.54. The highest BCUT2D eigenvalue weighted by atomic mass is 35.5. The summed E-state index contributed by atoms with van der Waals surface area (Å²) in [7, 11) is 0. The SMILES string of the molecule is CC(C)NC(=O)Cn1c(-c2cccc(Cl)c2)nc2ncc(OC3CCN(C(=O)OC(C)(C)C)CC3)cc2c1=O. The normalized spacial score (nSPS) is 14.5. The molecule has 3 aromatic rings. The first-order chi connectivity index (χ1) is 18.4. The quantitative estimate of drug-likeness (QED) is 0.479. The minimum atomic E-state index is -0.551. The first kappa shape index (κ1) is 28.4. The fraction of sp³-hybridized carbons (Fsp3) is 0.464. The Morgan fingerprint density at radius 2 is 1.90 bits per heavy atom. The number of nitrogens with zero attached hydrogens (tertiary/aromatic N) is 4. The van der Waals surface area contributed by atoms with Gasteiger partial charge in [0.1, 0.15) is 29.8 Å². The number of rotatable bonds is 6. The number of nitrogens with one attached hydrogen (secondary N) is 1.